The molecule has 0 aliphatic rings. The van der Waals surface area contributed by atoms with E-state index in [0.717, 1.165) is 0 Å². The van der Waals surface area contributed by atoms with Gasteiger partial charge in [-0.2, -0.15) is 10.2 Å². The first-order valence-electron chi connectivity index (χ1n) is 5.88. The van der Waals surface area contributed by atoms with Crippen LogP contribution in [0.2, 0.25) is 0 Å². The van der Waals surface area contributed by atoms with E-state index >= 15 is 0 Å². The molecule has 0 amide bonds. The van der Waals surface area contributed by atoms with Gasteiger partial charge in [0, 0.05) is 11.8 Å². The quantitative estimate of drug-likeness (QED) is 0.917. The topological polar surface area (TPSA) is 105 Å². The number of rotatable bonds is 4. The van der Waals surface area contributed by atoms with Gasteiger partial charge >= 0.3 is 12.0 Å². The lowest BCUT2D eigenvalue weighted by Crippen LogP contribution is -2.03. The van der Waals surface area contributed by atoms with Gasteiger partial charge in [-0.05, 0) is 25.1 Å². The average Bonchev–Trinajstić information content (AvgIpc) is 2.46. The maximum atomic E-state index is 11.2. The summed E-state index contributed by atoms with van der Waals surface area (Å²) < 4.78 is 10.4. The van der Waals surface area contributed by atoms with Crippen LogP contribution < -0.4 is 9.47 Å². The first kappa shape index (κ1) is 14.3. The van der Waals surface area contributed by atoms with Crippen LogP contribution >= 0.6 is 0 Å². The molecule has 1 N–H and O–H groups in total. The molecule has 1 aromatic heterocycles. The molecule has 1 heterocycles. The third-order valence-electron chi connectivity index (χ3n) is 2.57. The van der Waals surface area contributed by atoms with Crippen LogP contribution in [0.15, 0.2) is 24.3 Å². The Morgan fingerprint density at radius 1 is 1.33 bits per heavy atom. The van der Waals surface area contributed by atoms with Gasteiger partial charge in [0.25, 0.3) is 0 Å². The van der Waals surface area contributed by atoms with Crippen LogP contribution in [0, 0.1) is 18.3 Å². The molecular formula is C14H11N3O4. The number of carboxylic acid groups (broad SMARTS) is 1. The van der Waals surface area contributed by atoms with E-state index in [9.17, 15) is 4.79 Å². The number of aryl methyl sites for hydroxylation is 1. The third-order valence-corrected chi connectivity index (χ3v) is 2.57. The maximum Gasteiger partial charge on any atom is 0.339 e. The summed E-state index contributed by atoms with van der Waals surface area (Å²) in [4.78, 5) is 19.1. The highest BCUT2D eigenvalue weighted by Crippen LogP contribution is 2.28. The molecule has 7 nitrogen and oxygen atoms in total. The van der Waals surface area contributed by atoms with Gasteiger partial charge in [0.1, 0.15) is 28.8 Å². The summed E-state index contributed by atoms with van der Waals surface area (Å²) in [5.74, 6) is -0.680. The summed E-state index contributed by atoms with van der Waals surface area (Å²) in [5.41, 5.74) is 0.619. The number of benzene rings is 1. The number of methoxy groups -OCH3 is 1. The van der Waals surface area contributed by atoms with Crippen molar-refractivity contribution in [1.82, 2.24) is 9.97 Å². The van der Waals surface area contributed by atoms with Gasteiger partial charge in [0.15, 0.2) is 0 Å². The van der Waals surface area contributed by atoms with Crippen LogP contribution in [0.5, 0.6) is 17.5 Å². The molecule has 0 saturated carbocycles. The average molecular weight is 285 g/mol. The Hall–Kier alpha value is -3.14. The van der Waals surface area contributed by atoms with Gasteiger partial charge in [0.05, 0.1) is 7.11 Å². The molecule has 0 fully saturated rings. The first-order valence-corrected chi connectivity index (χ1v) is 5.88. The number of aromatic carboxylic acids is 1. The maximum absolute atomic E-state index is 11.2. The molecule has 0 aliphatic carbocycles. The van der Waals surface area contributed by atoms with Gasteiger partial charge in [-0.15, -0.1) is 0 Å². The Bertz CT molecular complexity index is 737. The number of hydrogen-bond donors (Lipinski definition) is 1. The molecule has 0 unspecified atom stereocenters. The zero-order valence-electron chi connectivity index (χ0n) is 11.3. The Balaban J connectivity index is 2.45. The van der Waals surface area contributed by atoms with Gasteiger partial charge in [0.2, 0.25) is 0 Å². The minimum Gasteiger partial charge on any atom is -0.497 e. The number of nitrogens with zero attached hydrogens (tertiary/aromatic N) is 3. The van der Waals surface area contributed by atoms with Gasteiger partial charge < -0.3 is 14.6 Å². The summed E-state index contributed by atoms with van der Waals surface area (Å²) in [6.07, 6.45) is 0. The minimum atomic E-state index is -1.15. The van der Waals surface area contributed by atoms with E-state index in [1.54, 1.807) is 6.92 Å². The lowest BCUT2D eigenvalue weighted by atomic mass is 10.2. The van der Waals surface area contributed by atoms with E-state index in [-0.39, 0.29) is 23.0 Å². The highest BCUT2D eigenvalue weighted by molar-refractivity contribution is 5.91. The molecule has 2 rings (SSSR count). The number of hydrogen-bond acceptors (Lipinski definition) is 6. The lowest BCUT2D eigenvalue weighted by molar-refractivity contribution is 0.0694. The van der Waals surface area contributed by atoms with Crippen LogP contribution in [0.1, 0.15) is 21.7 Å². The Morgan fingerprint density at radius 2 is 2.10 bits per heavy atom. The van der Waals surface area contributed by atoms with E-state index in [1.165, 1.54) is 31.4 Å². The molecule has 0 saturated heterocycles. The van der Waals surface area contributed by atoms with E-state index in [1.807, 2.05) is 6.07 Å². The number of carbonyl (C=O) groups is 1. The predicted molar refractivity (Wildman–Crippen MR) is 71.5 cm³/mol. The van der Waals surface area contributed by atoms with Crippen molar-refractivity contribution in [3.05, 3.63) is 41.2 Å². The van der Waals surface area contributed by atoms with E-state index in [0.29, 0.717) is 11.4 Å². The SMILES string of the molecule is COc1ccc(C(=O)O)c(Oc2nc(C)cc(C#N)n2)c1. The van der Waals surface area contributed by atoms with Crippen LogP contribution in [-0.2, 0) is 0 Å². The summed E-state index contributed by atoms with van der Waals surface area (Å²) in [7, 11) is 1.45. The van der Waals surface area contributed by atoms with Crippen LogP contribution in [0.3, 0.4) is 0 Å². The van der Waals surface area contributed by atoms with Crippen molar-refractivity contribution < 1.29 is 19.4 Å². The summed E-state index contributed by atoms with van der Waals surface area (Å²) in [5, 5.41) is 18.0. The molecule has 7 heteroatoms. The Kier molecular flexibility index (Phi) is 4.00. The normalized spacial score (nSPS) is 9.76. The van der Waals surface area contributed by atoms with Gasteiger partial charge in [-0.25, -0.2) is 9.78 Å². The standard InChI is InChI=1S/C14H11N3O4/c1-8-5-9(7-15)17-14(16-8)21-12-6-10(20-2)3-4-11(12)13(18)19/h3-6H,1-2H3,(H,18,19). The molecule has 0 radical (unpaired) electrons. The number of aromatic nitrogens is 2. The minimum absolute atomic E-state index is 0.0383. The van der Waals surface area contributed by atoms with Crippen molar-refractivity contribution in [2.24, 2.45) is 0 Å². The molecule has 1 aromatic carbocycles. The Morgan fingerprint density at radius 3 is 2.71 bits per heavy atom. The molecule has 0 spiro atoms. The second-order valence-corrected chi connectivity index (χ2v) is 4.06. The molecule has 106 valence electrons. The fourth-order valence-electron chi connectivity index (χ4n) is 1.63. The largest absolute Gasteiger partial charge is 0.497 e. The highest BCUT2D eigenvalue weighted by Gasteiger charge is 2.15. The van der Waals surface area contributed by atoms with Crippen molar-refractivity contribution in [2.45, 2.75) is 6.92 Å². The second-order valence-electron chi connectivity index (χ2n) is 4.06. The smallest absolute Gasteiger partial charge is 0.339 e. The fourth-order valence-corrected chi connectivity index (χ4v) is 1.63. The van der Waals surface area contributed by atoms with Crippen molar-refractivity contribution in [1.29, 1.82) is 5.26 Å². The molecule has 0 bridgehead atoms. The number of nitriles is 1. The van der Waals surface area contributed by atoms with Gasteiger partial charge in [-0.3, -0.25) is 0 Å². The third kappa shape index (κ3) is 3.25. The monoisotopic (exact) mass is 285 g/mol. The molecule has 0 aliphatic heterocycles. The number of carboxylic acids is 1. The van der Waals surface area contributed by atoms with Crippen LogP contribution in [0.25, 0.3) is 0 Å². The molecule has 0 atom stereocenters. The van der Waals surface area contributed by atoms with Crippen molar-refractivity contribution >= 4 is 5.97 Å². The molecular weight excluding hydrogens is 274 g/mol. The fraction of sp³-hybridized carbons (Fsp3) is 0.143. The van der Waals surface area contributed by atoms with Crippen LogP contribution in [0.4, 0.5) is 0 Å². The second kappa shape index (κ2) is 5.88. The zero-order chi connectivity index (χ0) is 15.4. The van der Waals surface area contributed by atoms with Gasteiger partial charge in [-0.1, -0.05) is 0 Å². The molecule has 21 heavy (non-hydrogen) atoms. The number of ether oxygens (including phenoxy) is 2. The van der Waals surface area contributed by atoms with Crippen molar-refractivity contribution in [3.8, 4) is 23.6 Å². The Labute approximate surface area is 120 Å². The van der Waals surface area contributed by atoms with Crippen molar-refractivity contribution in [3.63, 3.8) is 0 Å². The summed E-state index contributed by atoms with van der Waals surface area (Å²) >= 11 is 0. The summed E-state index contributed by atoms with van der Waals surface area (Å²) in [6.45, 7) is 1.68. The van der Waals surface area contributed by atoms with E-state index < -0.39 is 5.97 Å². The highest BCUT2D eigenvalue weighted by atomic mass is 16.5. The van der Waals surface area contributed by atoms with Crippen molar-refractivity contribution in [2.75, 3.05) is 7.11 Å². The first-order chi connectivity index (χ1) is 10.0. The summed E-state index contributed by atoms with van der Waals surface area (Å²) in [6, 6.07) is 7.57. The van der Waals surface area contributed by atoms with Crippen LogP contribution in [-0.4, -0.2) is 28.2 Å². The predicted octanol–water partition coefficient (Wildman–Crippen LogP) is 2.16. The lowest BCUT2D eigenvalue weighted by Gasteiger charge is -2.09. The van der Waals surface area contributed by atoms with E-state index in [4.69, 9.17) is 19.8 Å². The van der Waals surface area contributed by atoms with E-state index in [2.05, 4.69) is 9.97 Å². The zero-order valence-corrected chi connectivity index (χ0v) is 11.3. The molecule has 2 aromatic rings.